The zero-order valence-electron chi connectivity index (χ0n) is 16.6. The molecule has 2 N–H and O–H groups in total. The standard InChI is InChI=1S/C20H28N4O3.HI/c1-21-20(22-11-5-12-26-15-18-6-4-13-27-18)23-14-16-7-9-17(10-8-16)19(25)24(2)3;/h4,6-10,13H,5,11-12,14-15H2,1-3H3,(H2,21,22,23);1H. The van der Waals surface area contributed by atoms with Crippen LogP contribution in [-0.2, 0) is 17.9 Å². The molecule has 0 aliphatic carbocycles. The summed E-state index contributed by atoms with van der Waals surface area (Å²) in [5, 5.41) is 6.51. The van der Waals surface area contributed by atoms with Gasteiger partial charge in [0.25, 0.3) is 5.91 Å². The summed E-state index contributed by atoms with van der Waals surface area (Å²) in [6.45, 7) is 2.53. The number of benzene rings is 1. The Morgan fingerprint density at radius 2 is 1.93 bits per heavy atom. The Kier molecular flexibility index (Phi) is 11.3. The molecule has 1 aromatic carbocycles. The lowest BCUT2D eigenvalue weighted by Crippen LogP contribution is -2.37. The Hall–Kier alpha value is -2.07. The van der Waals surface area contributed by atoms with Crippen LogP contribution in [0.4, 0.5) is 0 Å². The van der Waals surface area contributed by atoms with Crippen molar-refractivity contribution in [3.8, 4) is 0 Å². The molecule has 0 saturated carbocycles. The molecular formula is C20H29IN4O3. The average molecular weight is 500 g/mol. The highest BCUT2D eigenvalue weighted by atomic mass is 127. The van der Waals surface area contributed by atoms with Crippen LogP contribution in [-0.4, -0.2) is 51.1 Å². The van der Waals surface area contributed by atoms with Gasteiger partial charge in [-0.3, -0.25) is 9.79 Å². The van der Waals surface area contributed by atoms with Crippen LogP contribution < -0.4 is 10.6 Å². The highest BCUT2D eigenvalue weighted by molar-refractivity contribution is 14.0. The second kappa shape index (κ2) is 13.2. The first kappa shape index (κ1) is 24.0. The van der Waals surface area contributed by atoms with E-state index < -0.39 is 0 Å². The van der Waals surface area contributed by atoms with Crippen LogP contribution in [0.1, 0.15) is 28.1 Å². The fraction of sp³-hybridized carbons (Fsp3) is 0.400. The van der Waals surface area contributed by atoms with Crippen molar-refractivity contribution in [1.29, 1.82) is 0 Å². The predicted molar refractivity (Wildman–Crippen MR) is 121 cm³/mol. The van der Waals surface area contributed by atoms with Crippen molar-refractivity contribution < 1.29 is 13.9 Å². The molecule has 154 valence electrons. The smallest absolute Gasteiger partial charge is 0.253 e. The van der Waals surface area contributed by atoms with Crippen molar-refractivity contribution in [1.82, 2.24) is 15.5 Å². The van der Waals surface area contributed by atoms with E-state index in [0.717, 1.165) is 30.2 Å². The molecule has 2 rings (SSSR count). The Balaban J connectivity index is 0.00000392. The molecule has 28 heavy (non-hydrogen) atoms. The lowest BCUT2D eigenvalue weighted by atomic mass is 10.1. The monoisotopic (exact) mass is 500 g/mol. The number of furan rings is 1. The van der Waals surface area contributed by atoms with Gasteiger partial charge in [-0.2, -0.15) is 0 Å². The molecule has 1 amide bonds. The van der Waals surface area contributed by atoms with Gasteiger partial charge in [-0.15, -0.1) is 24.0 Å². The van der Waals surface area contributed by atoms with Gasteiger partial charge in [-0.25, -0.2) is 0 Å². The number of amides is 1. The molecule has 8 heteroatoms. The van der Waals surface area contributed by atoms with Crippen molar-refractivity contribution in [2.24, 2.45) is 4.99 Å². The molecular weight excluding hydrogens is 471 g/mol. The van der Waals surface area contributed by atoms with Crippen molar-refractivity contribution in [2.75, 3.05) is 34.3 Å². The lowest BCUT2D eigenvalue weighted by molar-refractivity contribution is 0.0827. The number of ether oxygens (including phenoxy) is 1. The zero-order valence-corrected chi connectivity index (χ0v) is 18.9. The maximum atomic E-state index is 11.9. The van der Waals surface area contributed by atoms with E-state index in [2.05, 4.69) is 15.6 Å². The first-order valence-corrected chi connectivity index (χ1v) is 8.95. The van der Waals surface area contributed by atoms with Gasteiger partial charge in [-0.05, 0) is 36.2 Å². The van der Waals surface area contributed by atoms with E-state index in [4.69, 9.17) is 9.15 Å². The van der Waals surface area contributed by atoms with Crippen LogP contribution in [0, 0.1) is 0 Å². The topological polar surface area (TPSA) is 79.1 Å². The summed E-state index contributed by atoms with van der Waals surface area (Å²) < 4.78 is 10.8. The van der Waals surface area contributed by atoms with E-state index in [0.29, 0.717) is 25.3 Å². The predicted octanol–water partition coefficient (Wildman–Crippen LogP) is 2.87. The van der Waals surface area contributed by atoms with Gasteiger partial charge < -0.3 is 24.7 Å². The number of carbonyl (C=O) groups excluding carboxylic acids is 1. The maximum Gasteiger partial charge on any atom is 0.253 e. The van der Waals surface area contributed by atoms with Gasteiger partial charge in [0, 0.05) is 46.4 Å². The lowest BCUT2D eigenvalue weighted by Gasteiger charge is -2.13. The molecule has 0 fully saturated rings. The number of aliphatic imine (C=N–C) groups is 1. The molecule has 0 aliphatic heterocycles. The molecule has 1 heterocycles. The number of hydrogen-bond donors (Lipinski definition) is 2. The number of halogens is 1. The minimum absolute atomic E-state index is 0. The second-order valence-electron chi connectivity index (χ2n) is 6.23. The molecule has 0 unspecified atom stereocenters. The van der Waals surface area contributed by atoms with Gasteiger partial charge in [0.15, 0.2) is 5.96 Å². The van der Waals surface area contributed by atoms with E-state index in [1.54, 1.807) is 32.3 Å². The second-order valence-corrected chi connectivity index (χ2v) is 6.23. The average Bonchev–Trinajstić information content (AvgIpc) is 3.20. The van der Waals surface area contributed by atoms with E-state index in [1.165, 1.54) is 0 Å². The van der Waals surface area contributed by atoms with Gasteiger partial charge >= 0.3 is 0 Å². The van der Waals surface area contributed by atoms with Gasteiger partial charge in [0.1, 0.15) is 12.4 Å². The van der Waals surface area contributed by atoms with E-state index in [9.17, 15) is 4.79 Å². The number of hydrogen-bond acceptors (Lipinski definition) is 4. The fourth-order valence-corrected chi connectivity index (χ4v) is 2.38. The van der Waals surface area contributed by atoms with Crippen LogP contribution in [0.15, 0.2) is 52.1 Å². The molecule has 7 nitrogen and oxygen atoms in total. The van der Waals surface area contributed by atoms with Gasteiger partial charge in [0.05, 0.1) is 6.26 Å². The normalized spacial score (nSPS) is 10.9. The van der Waals surface area contributed by atoms with Crippen LogP contribution in [0.25, 0.3) is 0 Å². The SMILES string of the molecule is CN=C(NCCCOCc1ccco1)NCc1ccc(C(=O)N(C)C)cc1.I. The number of guanidine groups is 1. The molecule has 2 aromatic rings. The number of nitrogens with zero attached hydrogens (tertiary/aromatic N) is 2. The third-order valence-electron chi connectivity index (χ3n) is 3.87. The largest absolute Gasteiger partial charge is 0.467 e. The molecule has 0 bridgehead atoms. The molecule has 0 spiro atoms. The quantitative estimate of drug-likeness (QED) is 0.240. The highest BCUT2D eigenvalue weighted by Gasteiger charge is 2.07. The summed E-state index contributed by atoms with van der Waals surface area (Å²) in [6.07, 6.45) is 2.51. The summed E-state index contributed by atoms with van der Waals surface area (Å²) in [7, 11) is 5.23. The first-order valence-electron chi connectivity index (χ1n) is 8.95. The van der Waals surface area contributed by atoms with Crippen LogP contribution >= 0.6 is 24.0 Å². The molecule has 0 radical (unpaired) electrons. The minimum atomic E-state index is 0. The minimum Gasteiger partial charge on any atom is -0.467 e. The fourth-order valence-electron chi connectivity index (χ4n) is 2.38. The van der Waals surface area contributed by atoms with E-state index >= 15 is 0 Å². The Morgan fingerprint density at radius 1 is 1.18 bits per heavy atom. The summed E-state index contributed by atoms with van der Waals surface area (Å²) in [4.78, 5) is 17.7. The van der Waals surface area contributed by atoms with E-state index in [1.807, 2.05) is 36.4 Å². The maximum absolute atomic E-state index is 11.9. The Morgan fingerprint density at radius 3 is 2.54 bits per heavy atom. The van der Waals surface area contributed by atoms with Crippen LogP contribution in [0.5, 0.6) is 0 Å². The van der Waals surface area contributed by atoms with Crippen molar-refractivity contribution in [3.05, 3.63) is 59.5 Å². The van der Waals surface area contributed by atoms with Crippen molar-refractivity contribution >= 4 is 35.8 Å². The molecule has 0 saturated heterocycles. The summed E-state index contributed by atoms with van der Waals surface area (Å²) in [5.41, 5.74) is 1.76. The number of nitrogens with one attached hydrogen (secondary N) is 2. The van der Waals surface area contributed by atoms with Crippen LogP contribution in [0.2, 0.25) is 0 Å². The molecule has 1 aromatic heterocycles. The highest BCUT2D eigenvalue weighted by Crippen LogP contribution is 2.06. The molecule has 0 aliphatic rings. The summed E-state index contributed by atoms with van der Waals surface area (Å²) in [6, 6.07) is 11.3. The molecule has 0 atom stereocenters. The Bertz CT molecular complexity index is 716. The summed E-state index contributed by atoms with van der Waals surface area (Å²) in [5.74, 6) is 1.56. The van der Waals surface area contributed by atoms with Gasteiger partial charge in [0.2, 0.25) is 0 Å². The zero-order chi connectivity index (χ0) is 19.5. The number of carbonyl (C=O) groups is 1. The first-order chi connectivity index (χ1) is 13.1. The summed E-state index contributed by atoms with van der Waals surface area (Å²) >= 11 is 0. The third-order valence-corrected chi connectivity index (χ3v) is 3.87. The number of rotatable bonds is 9. The van der Waals surface area contributed by atoms with Crippen molar-refractivity contribution in [2.45, 2.75) is 19.6 Å². The third kappa shape index (κ3) is 8.30. The Labute approximate surface area is 183 Å². The van der Waals surface area contributed by atoms with Crippen molar-refractivity contribution in [3.63, 3.8) is 0 Å². The van der Waals surface area contributed by atoms with E-state index in [-0.39, 0.29) is 29.9 Å². The van der Waals surface area contributed by atoms with Crippen LogP contribution in [0.3, 0.4) is 0 Å². The van der Waals surface area contributed by atoms with Gasteiger partial charge in [-0.1, -0.05) is 12.1 Å².